The summed E-state index contributed by atoms with van der Waals surface area (Å²) in [5, 5.41) is 19.3. The lowest BCUT2D eigenvalue weighted by atomic mass is 10.1. The second kappa shape index (κ2) is 4.81. The third-order valence-electron chi connectivity index (χ3n) is 2.13. The second-order valence-corrected chi connectivity index (χ2v) is 3.27. The molecule has 0 spiro atoms. The monoisotopic (exact) mass is 246 g/mol. The van der Waals surface area contributed by atoms with Gasteiger partial charge < -0.3 is 5.11 Å². The molecule has 0 aromatic carbocycles. The summed E-state index contributed by atoms with van der Waals surface area (Å²) in [5.74, 6) is -1.29. The van der Waals surface area contributed by atoms with Gasteiger partial charge in [-0.15, -0.1) is 0 Å². The zero-order valence-electron chi connectivity index (χ0n) is 8.68. The van der Waals surface area contributed by atoms with Crippen LogP contribution >= 0.6 is 0 Å². The van der Waals surface area contributed by atoms with Crippen molar-refractivity contribution in [2.24, 2.45) is 0 Å². The number of carboxylic acid groups (broad SMARTS) is 1. The van der Waals surface area contributed by atoms with Crippen LogP contribution in [0, 0.1) is 17.0 Å². The molecule has 0 saturated carbocycles. The molecule has 17 heavy (non-hydrogen) atoms. The number of rotatable bonds is 4. The Kier molecular flexibility index (Phi) is 3.66. The minimum absolute atomic E-state index is 0.190. The molecule has 1 heterocycles. The van der Waals surface area contributed by atoms with E-state index < -0.39 is 35.1 Å². The van der Waals surface area contributed by atoms with Crippen molar-refractivity contribution < 1.29 is 23.6 Å². The minimum atomic E-state index is -2.94. The smallest absolute Gasteiger partial charge is 0.308 e. The lowest BCUT2D eigenvalue weighted by Crippen LogP contribution is -2.08. The zero-order valence-corrected chi connectivity index (χ0v) is 8.68. The fraction of sp³-hybridized carbons (Fsp3) is 0.333. The molecule has 0 aliphatic rings. The van der Waals surface area contributed by atoms with Crippen molar-refractivity contribution in [3.63, 3.8) is 0 Å². The Morgan fingerprint density at radius 1 is 1.65 bits per heavy atom. The lowest BCUT2D eigenvalue weighted by molar-refractivity contribution is -0.386. The van der Waals surface area contributed by atoms with Crippen molar-refractivity contribution in [1.29, 1.82) is 0 Å². The lowest BCUT2D eigenvalue weighted by Gasteiger charge is -2.07. The number of carbonyl (C=O) groups is 1. The van der Waals surface area contributed by atoms with Crippen LogP contribution in [-0.2, 0) is 11.2 Å². The maximum atomic E-state index is 12.5. The number of aliphatic carboxylic acids is 1. The summed E-state index contributed by atoms with van der Waals surface area (Å²) in [5.41, 5.74) is -1.81. The Morgan fingerprint density at radius 2 is 2.24 bits per heavy atom. The zero-order chi connectivity index (χ0) is 13.2. The van der Waals surface area contributed by atoms with Crippen LogP contribution in [0.3, 0.4) is 0 Å². The molecule has 6 nitrogen and oxygen atoms in total. The van der Waals surface area contributed by atoms with Gasteiger partial charge in [0.1, 0.15) is 5.69 Å². The van der Waals surface area contributed by atoms with Gasteiger partial charge in [0.25, 0.3) is 12.1 Å². The molecule has 1 aromatic rings. The number of nitrogens with zero attached hydrogens (tertiary/aromatic N) is 2. The predicted octanol–water partition coefficient (Wildman–Crippen LogP) is 1.86. The van der Waals surface area contributed by atoms with Gasteiger partial charge in [-0.05, 0) is 6.92 Å². The highest BCUT2D eigenvalue weighted by Crippen LogP contribution is 2.30. The summed E-state index contributed by atoms with van der Waals surface area (Å²) in [6.07, 6.45) is -2.76. The van der Waals surface area contributed by atoms with Crippen LogP contribution in [0.2, 0.25) is 0 Å². The molecule has 0 saturated heterocycles. The highest BCUT2D eigenvalue weighted by atomic mass is 19.3. The fourth-order valence-electron chi connectivity index (χ4n) is 1.43. The number of halogens is 2. The highest BCUT2D eigenvalue weighted by molar-refractivity contribution is 5.72. The quantitative estimate of drug-likeness (QED) is 0.646. The normalized spacial score (nSPS) is 10.6. The van der Waals surface area contributed by atoms with Gasteiger partial charge in [0.05, 0.1) is 22.5 Å². The van der Waals surface area contributed by atoms with Gasteiger partial charge in [0, 0.05) is 6.20 Å². The fourth-order valence-corrected chi connectivity index (χ4v) is 1.43. The molecule has 1 N–H and O–H groups in total. The molecule has 92 valence electrons. The highest BCUT2D eigenvalue weighted by Gasteiger charge is 2.26. The van der Waals surface area contributed by atoms with E-state index in [9.17, 15) is 23.7 Å². The maximum absolute atomic E-state index is 12.5. The van der Waals surface area contributed by atoms with Crippen molar-refractivity contribution in [3.8, 4) is 0 Å². The molecule has 0 radical (unpaired) electrons. The van der Waals surface area contributed by atoms with Crippen LogP contribution in [-0.4, -0.2) is 21.0 Å². The van der Waals surface area contributed by atoms with E-state index in [1.54, 1.807) is 0 Å². The summed E-state index contributed by atoms with van der Waals surface area (Å²) in [6.45, 7) is 1.12. The Morgan fingerprint density at radius 3 is 2.65 bits per heavy atom. The summed E-state index contributed by atoms with van der Waals surface area (Å²) >= 11 is 0. The topological polar surface area (TPSA) is 93.3 Å². The Hall–Kier alpha value is -2.12. The van der Waals surface area contributed by atoms with E-state index in [2.05, 4.69) is 4.98 Å². The number of aromatic nitrogens is 1. The van der Waals surface area contributed by atoms with E-state index in [1.807, 2.05) is 0 Å². The SMILES string of the molecule is Cc1c(C(F)F)ncc(CC(=O)O)c1[N+](=O)[O-]. The van der Waals surface area contributed by atoms with Gasteiger partial charge in [0.15, 0.2) is 0 Å². The second-order valence-electron chi connectivity index (χ2n) is 3.27. The number of alkyl halides is 2. The van der Waals surface area contributed by atoms with Gasteiger partial charge in [0.2, 0.25) is 0 Å². The van der Waals surface area contributed by atoms with Crippen molar-refractivity contribution in [2.45, 2.75) is 19.8 Å². The molecule has 0 fully saturated rings. The van der Waals surface area contributed by atoms with Gasteiger partial charge in [-0.2, -0.15) is 0 Å². The van der Waals surface area contributed by atoms with Crippen molar-refractivity contribution >= 4 is 11.7 Å². The molecule has 0 amide bonds. The number of nitro groups is 1. The molecular formula is C9H8F2N2O4. The molecule has 0 aliphatic heterocycles. The summed E-state index contributed by atoms with van der Waals surface area (Å²) in [7, 11) is 0. The van der Waals surface area contributed by atoms with E-state index >= 15 is 0 Å². The van der Waals surface area contributed by atoms with E-state index in [1.165, 1.54) is 0 Å². The van der Waals surface area contributed by atoms with Gasteiger partial charge in [-0.25, -0.2) is 8.78 Å². The van der Waals surface area contributed by atoms with Crippen LogP contribution in [0.5, 0.6) is 0 Å². The third-order valence-corrected chi connectivity index (χ3v) is 2.13. The molecule has 0 unspecified atom stereocenters. The molecule has 0 atom stereocenters. The van der Waals surface area contributed by atoms with E-state index in [4.69, 9.17) is 5.11 Å². The van der Waals surface area contributed by atoms with E-state index in [0.717, 1.165) is 13.1 Å². The average Bonchev–Trinajstić information content (AvgIpc) is 2.15. The summed E-state index contributed by atoms with van der Waals surface area (Å²) in [4.78, 5) is 23.7. The van der Waals surface area contributed by atoms with Gasteiger partial charge in [-0.1, -0.05) is 0 Å². The molecule has 1 aromatic heterocycles. The Balaban J connectivity index is 3.39. The molecule has 8 heteroatoms. The van der Waals surface area contributed by atoms with Crippen LogP contribution in [0.15, 0.2) is 6.20 Å². The molecule has 0 aliphatic carbocycles. The number of hydrogen-bond acceptors (Lipinski definition) is 4. The number of carboxylic acids is 1. The summed E-state index contributed by atoms with van der Waals surface area (Å²) < 4.78 is 24.9. The average molecular weight is 246 g/mol. The van der Waals surface area contributed by atoms with Crippen molar-refractivity contribution in [1.82, 2.24) is 4.98 Å². The number of hydrogen-bond donors (Lipinski definition) is 1. The van der Waals surface area contributed by atoms with Gasteiger partial charge in [-0.3, -0.25) is 19.9 Å². The Labute approximate surface area is 94.1 Å². The Bertz CT molecular complexity index is 476. The first-order valence-corrected chi connectivity index (χ1v) is 4.47. The summed E-state index contributed by atoms with van der Waals surface area (Å²) in [6, 6.07) is 0. The van der Waals surface area contributed by atoms with Gasteiger partial charge >= 0.3 is 5.97 Å². The predicted molar refractivity (Wildman–Crippen MR) is 51.9 cm³/mol. The van der Waals surface area contributed by atoms with Crippen LogP contribution in [0.4, 0.5) is 14.5 Å². The first-order valence-electron chi connectivity index (χ1n) is 4.47. The van der Waals surface area contributed by atoms with E-state index in [0.29, 0.717) is 0 Å². The standard InChI is InChI=1S/C9H8F2N2O4/c1-4-7(9(10)11)12-3-5(2-6(14)15)8(4)13(16)17/h3,9H,2H2,1H3,(H,14,15). The van der Waals surface area contributed by atoms with Crippen molar-refractivity contribution in [2.75, 3.05) is 0 Å². The molecular weight excluding hydrogens is 238 g/mol. The first kappa shape index (κ1) is 12.9. The first-order chi connectivity index (χ1) is 7.84. The maximum Gasteiger partial charge on any atom is 0.308 e. The van der Waals surface area contributed by atoms with Crippen LogP contribution in [0.25, 0.3) is 0 Å². The molecule has 0 bridgehead atoms. The van der Waals surface area contributed by atoms with Crippen LogP contribution < -0.4 is 0 Å². The van der Waals surface area contributed by atoms with Crippen LogP contribution in [0.1, 0.15) is 23.2 Å². The third kappa shape index (κ3) is 2.71. The minimum Gasteiger partial charge on any atom is -0.481 e. The largest absolute Gasteiger partial charge is 0.481 e. The molecule has 1 rings (SSSR count). The van der Waals surface area contributed by atoms with Crippen molar-refractivity contribution in [3.05, 3.63) is 33.1 Å². The van der Waals surface area contributed by atoms with E-state index in [-0.39, 0.29) is 11.1 Å². The number of pyridine rings is 1.